The number of hydrogen-bond donors (Lipinski definition) is 2. The number of carbonyl (C=O) groups is 2. The molecular weight excluding hydrogens is 424 g/mol. The Balaban J connectivity index is 1.39. The molecule has 0 spiro atoms. The first-order valence-electron chi connectivity index (χ1n) is 12.3. The van der Waals surface area contributed by atoms with E-state index in [9.17, 15) is 9.59 Å². The molecular formula is C28H32N4O2. The van der Waals surface area contributed by atoms with Gasteiger partial charge in [0.2, 0.25) is 11.8 Å². The monoisotopic (exact) mass is 456 g/mol. The first-order valence-corrected chi connectivity index (χ1v) is 12.3. The number of pyridine rings is 1. The van der Waals surface area contributed by atoms with Crippen LogP contribution in [0, 0.1) is 11.8 Å². The zero-order valence-electron chi connectivity index (χ0n) is 19.4. The van der Waals surface area contributed by atoms with Crippen LogP contribution in [0.2, 0.25) is 0 Å². The molecule has 3 aromatic rings. The van der Waals surface area contributed by atoms with E-state index in [0.717, 1.165) is 54.3 Å². The Kier molecular flexibility index (Phi) is 6.59. The van der Waals surface area contributed by atoms with Crippen molar-refractivity contribution in [1.29, 1.82) is 0 Å². The predicted molar refractivity (Wildman–Crippen MR) is 134 cm³/mol. The molecule has 2 aliphatic rings. The van der Waals surface area contributed by atoms with Gasteiger partial charge < -0.3 is 16.0 Å². The molecule has 2 atom stereocenters. The number of benzene rings is 2. The highest BCUT2D eigenvalue weighted by Gasteiger charge is 2.44. The van der Waals surface area contributed by atoms with Gasteiger partial charge in [0.05, 0.1) is 5.52 Å². The summed E-state index contributed by atoms with van der Waals surface area (Å²) in [6.45, 7) is 1.29. The molecule has 5 rings (SSSR count). The zero-order valence-corrected chi connectivity index (χ0v) is 19.4. The van der Waals surface area contributed by atoms with Crippen LogP contribution in [0.5, 0.6) is 0 Å². The molecule has 1 aromatic heterocycles. The Labute approximate surface area is 200 Å². The number of carbonyl (C=O) groups excluding carboxylic acids is 2. The number of rotatable bonds is 5. The van der Waals surface area contributed by atoms with Crippen molar-refractivity contribution >= 4 is 28.4 Å². The first-order chi connectivity index (χ1) is 16.6. The van der Waals surface area contributed by atoms with Crippen molar-refractivity contribution < 1.29 is 9.59 Å². The molecule has 3 N–H and O–H groups in total. The molecule has 6 nitrogen and oxygen atoms in total. The van der Waals surface area contributed by atoms with Gasteiger partial charge in [-0.15, -0.1) is 0 Å². The molecule has 1 aliphatic carbocycles. The smallest absolute Gasteiger partial charge is 0.247 e. The van der Waals surface area contributed by atoms with Crippen molar-refractivity contribution in [1.82, 2.24) is 9.88 Å². The number of fused-ring (bicyclic) bond motifs is 1. The topological polar surface area (TPSA) is 88.3 Å². The Bertz CT molecular complexity index is 1160. The van der Waals surface area contributed by atoms with Crippen molar-refractivity contribution in [3.63, 3.8) is 0 Å². The summed E-state index contributed by atoms with van der Waals surface area (Å²) in [5.41, 5.74) is 8.56. The molecule has 0 bridgehead atoms. The quantitative estimate of drug-likeness (QED) is 0.598. The van der Waals surface area contributed by atoms with Crippen molar-refractivity contribution in [2.75, 3.05) is 18.4 Å². The van der Waals surface area contributed by atoms with Gasteiger partial charge in [-0.25, -0.2) is 0 Å². The fourth-order valence-electron chi connectivity index (χ4n) is 5.66. The van der Waals surface area contributed by atoms with Gasteiger partial charge in [-0.3, -0.25) is 14.6 Å². The van der Waals surface area contributed by atoms with Gasteiger partial charge in [0.1, 0.15) is 6.04 Å². The normalized spacial score (nSPS) is 24.8. The summed E-state index contributed by atoms with van der Waals surface area (Å²) in [5.74, 6) is 0.476. The third kappa shape index (κ3) is 4.55. The number of nitrogens with two attached hydrogens (primary N) is 1. The molecule has 1 aliphatic heterocycles. The van der Waals surface area contributed by atoms with Crippen LogP contribution in [0.4, 0.5) is 5.69 Å². The molecule has 1 saturated heterocycles. The molecule has 34 heavy (non-hydrogen) atoms. The number of nitrogens with zero attached hydrogens (tertiary/aromatic N) is 2. The summed E-state index contributed by atoms with van der Waals surface area (Å²) in [6.07, 6.45) is 6.25. The van der Waals surface area contributed by atoms with Crippen molar-refractivity contribution in [3.05, 3.63) is 72.4 Å². The summed E-state index contributed by atoms with van der Waals surface area (Å²) in [4.78, 5) is 33.5. The lowest BCUT2D eigenvalue weighted by atomic mass is 9.81. The van der Waals surface area contributed by atoms with Crippen molar-refractivity contribution in [2.24, 2.45) is 17.6 Å². The Morgan fingerprint density at radius 1 is 0.971 bits per heavy atom. The van der Waals surface area contributed by atoms with Crippen LogP contribution >= 0.6 is 0 Å². The van der Waals surface area contributed by atoms with Crippen LogP contribution < -0.4 is 11.1 Å². The molecule has 2 amide bonds. The fraction of sp³-hybridized carbons (Fsp3) is 0.393. The number of amides is 2. The fourth-order valence-corrected chi connectivity index (χ4v) is 5.66. The molecule has 0 radical (unpaired) electrons. The minimum Gasteiger partial charge on any atom is -0.330 e. The van der Waals surface area contributed by atoms with Crippen LogP contribution in [0.15, 0.2) is 66.9 Å². The summed E-state index contributed by atoms with van der Waals surface area (Å²) in [7, 11) is 0. The third-order valence-electron chi connectivity index (χ3n) is 7.58. The maximum absolute atomic E-state index is 13.7. The van der Waals surface area contributed by atoms with Gasteiger partial charge in [0.25, 0.3) is 0 Å². The summed E-state index contributed by atoms with van der Waals surface area (Å²) in [6, 6.07) is 19.2. The SMILES string of the molecule is NC[C@H]1CC[C@H](C(=O)N2CCC(c3ccccc3)C2C(=O)Nc2ccc3ncccc3c2)CC1. The number of hydrogen-bond acceptors (Lipinski definition) is 4. The number of likely N-dealkylation sites (tertiary alicyclic amines) is 1. The molecule has 2 aromatic carbocycles. The van der Waals surface area contributed by atoms with Gasteiger partial charge in [0, 0.05) is 35.7 Å². The Morgan fingerprint density at radius 2 is 1.76 bits per heavy atom. The second kappa shape index (κ2) is 9.94. The van der Waals surface area contributed by atoms with Crippen molar-refractivity contribution in [3.8, 4) is 0 Å². The van der Waals surface area contributed by atoms with E-state index in [4.69, 9.17) is 5.73 Å². The number of aromatic nitrogens is 1. The lowest BCUT2D eigenvalue weighted by molar-refractivity contribution is -0.141. The first kappa shape index (κ1) is 22.5. The Morgan fingerprint density at radius 3 is 2.53 bits per heavy atom. The van der Waals surface area contributed by atoms with E-state index in [1.807, 2.05) is 53.4 Å². The average Bonchev–Trinajstić information content (AvgIpc) is 3.34. The van der Waals surface area contributed by atoms with Gasteiger partial charge >= 0.3 is 0 Å². The largest absolute Gasteiger partial charge is 0.330 e. The average molecular weight is 457 g/mol. The summed E-state index contributed by atoms with van der Waals surface area (Å²) in [5, 5.41) is 4.07. The lowest BCUT2D eigenvalue weighted by Crippen LogP contribution is -2.48. The third-order valence-corrected chi connectivity index (χ3v) is 7.58. The van der Waals surface area contributed by atoms with Crippen LogP contribution in [0.3, 0.4) is 0 Å². The summed E-state index contributed by atoms with van der Waals surface area (Å²) < 4.78 is 0. The van der Waals surface area contributed by atoms with Gasteiger partial charge in [0.15, 0.2) is 0 Å². The van der Waals surface area contributed by atoms with Gasteiger partial charge in [-0.2, -0.15) is 0 Å². The standard InChI is InChI=1S/C28H32N4O2/c29-18-19-8-10-21(11-9-19)28(34)32-16-14-24(20-5-2-1-3-6-20)26(32)27(33)31-23-12-13-25-22(17-23)7-4-15-30-25/h1-7,12-13,15,17,19,21,24,26H,8-11,14,16,18,29H2,(H,31,33)/t19-,21-,24?,26?. The van der Waals surface area contributed by atoms with E-state index >= 15 is 0 Å². The minimum absolute atomic E-state index is 0.0145. The van der Waals surface area contributed by atoms with Crippen LogP contribution in [0.25, 0.3) is 10.9 Å². The maximum atomic E-state index is 13.7. The van der Waals surface area contributed by atoms with Crippen LogP contribution in [0.1, 0.15) is 43.6 Å². The van der Waals surface area contributed by atoms with Crippen molar-refractivity contribution in [2.45, 2.75) is 44.1 Å². The zero-order chi connectivity index (χ0) is 23.5. The van der Waals surface area contributed by atoms with Crippen LogP contribution in [-0.4, -0.2) is 40.8 Å². The molecule has 2 fully saturated rings. The van der Waals surface area contributed by atoms with Gasteiger partial charge in [-0.1, -0.05) is 36.4 Å². The second-order valence-electron chi connectivity index (χ2n) is 9.64. The van der Waals surface area contributed by atoms with E-state index in [2.05, 4.69) is 22.4 Å². The van der Waals surface area contributed by atoms with Gasteiger partial charge in [-0.05, 0) is 74.4 Å². The molecule has 6 heteroatoms. The number of anilines is 1. The highest BCUT2D eigenvalue weighted by atomic mass is 16.2. The van der Waals surface area contributed by atoms with E-state index in [0.29, 0.717) is 19.0 Å². The van der Waals surface area contributed by atoms with Crippen LogP contribution in [-0.2, 0) is 9.59 Å². The van der Waals surface area contributed by atoms with E-state index in [1.54, 1.807) is 6.20 Å². The van der Waals surface area contributed by atoms with E-state index in [-0.39, 0.29) is 23.7 Å². The number of nitrogens with one attached hydrogen (secondary N) is 1. The molecule has 1 saturated carbocycles. The summed E-state index contributed by atoms with van der Waals surface area (Å²) >= 11 is 0. The molecule has 176 valence electrons. The van der Waals surface area contributed by atoms with E-state index < -0.39 is 6.04 Å². The highest BCUT2D eigenvalue weighted by Crippen LogP contribution is 2.38. The lowest BCUT2D eigenvalue weighted by Gasteiger charge is -2.33. The maximum Gasteiger partial charge on any atom is 0.247 e. The van der Waals surface area contributed by atoms with E-state index in [1.165, 1.54) is 0 Å². The minimum atomic E-state index is -0.522. The second-order valence-corrected chi connectivity index (χ2v) is 9.64. The predicted octanol–water partition coefficient (Wildman–Crippen LogP) is 4.32. The molecule has 2 unspecified atom stereocenters. The molecule has 2 heterocycles. The Hall–Kier alpha value is -3.25. The highest BCUT2D eigenvalue weighted by molar-refractivity contribution is 6.00.